The van der Waals surface area contributed by atoms with E-state index in [1.165, 1.54) is 15.7 Å². The average Bonchev–Trinajstić information content (AvgIpc) is 3.91. The Morgan fingerprint density at radius 3 is 2.31 bits per heavy atom. The van der Waals surface area contributed by atoms with Crippen LogP contribution in [0.15, 0.2) is 64.2 Å². The van der Waals surface area contributed by atoms with Crippen LogP contribution in [-0.2, 0) is 30.8 Å². The molecular weight excluding hydrogens is 492 g/mol. The molecule has 0 atom stereocenters. The summed E-state index contributed by atoms with van der Waals surface area (Å²) in [5, 5.41) is 0. The molecule has 2 fully saturated rings. The molecule has 2 aliphatic carbocycles. The number of H-pyrrole nitrogens is 1. The Labute approximate surface area is 225 Å². The molecule has 1 amide bonds. The smallest absolute Gasteiger partial charge is 0.331 e. The molecule has 200 valence electrons. The lowest BCUT2D eigenvalue weighted by molar-refractivity contribution is -0.134. The zero-order chi connectivity index (χ0) is 26.5. The van der Waals surface area contributed by atoms with Gasteiger partial charge in [0, 0.05) is 31.9 Å². The van der Waals surface area contributed by atoms with Crippen LogP contribution < -0.4 is 16.0 Å². The summed E-state index contributed by atoms with van der Waals surface area (Å²) in [4.78, 5) is 44.5. The van der Waals surface area contributed by atoms with Crippen molar-refractivity contribution in [1.82, 2.24) is 19.0 Å². The van der Waals surface area contributed by atoms with Crippen molar-refractivity contribution in [3.05, 3.63) is 86.6 Å². The summed E-state index contributed by atoms with van der Waals surface area (Å²) < 4.78 is 9.04. The number of nitrogens with zero attached hydrogens (tertiary/aromatic N) is 3. The van der Waals surface area contributed by atoms with Crippen LogP contribution in [0.1, 0.15) is 36.8 Å². The minimum atomic E-state index is -0.237. The predicted octanol–water partition coefficient (Wildman–Crippen LogP) is 3.94. The highest BCUT2D eigenvalue weighted by Crippen LogP contribution is 2.33. The maximum absolute atomic E-state index is 13.3. The summed E-state index contributed by atoms with van der Waals surface area (Å²) in [6, 6.07) is 17.6. The number of carbonyl (C=O) groups excluding carboxylic acids is 1. The molecule has 0 bridgehead atoms. The number of hydrogen-bond acceptors (Lipinski definition) is 4. The molecule has 3 aliphatic rings. The topological polar surface area (TPSA) is 89.3 Å². The van der Waals surface area contributed by atoms with Gasteiger partial charge >= 0.3 is 5.69 Å². The first-order valence-corrected chi connectivity index (χ1v) is 14.0. The van der Waals surface area contributed by atoms with Gasteiger partial charge < -0.3 is 14.6 Å². The third-order valence-electron chi connectivity index (χ3n) is 8.29. The Morgan fingerprint density at radius 2 is 1.59 bits per heavy atom. The van der Waals surface area contributed by atoms with Gasteiger partial charge in [-0.1, -0.05) is 24.3 Å². The van der Waals surface area contributed by atoms with Crippen LogP contribution in [0.2, 0.25) is 0 Å². The fraction of sp³-hybridized carbons (Fsp3) is 0.387. The van der Waals surface area contributed by atoms with E-state index in [0.29, 0.717) is 54.8 Å². The molecule has 8 nitrogen and oxygen atoms in total. The lowest BCUT2D eigenvalue weighted by Crippen LogP contribution is -2.40. The minimum absolute atomic E-state index is 0.0120. The van der Waals surface area contributed by atoms with Gasteiger partial charge in [-0.15, -0.1) is 0 Å². The number of ether oxygens (including phenoxy) is 1. The molecule has 8 heteroatoms. The largest absolute Gasteiger partial charge is 0.484 e. The van der Waals surface area contributed by atoms with E-state index >= 15 is 0 Å². The highest BCUT2D eigenvalue weighted by Gasteiger charge is 2.28. The van der Waals surface area contributed by atoms with E-state index in [-0.39, 0.29) is 23.8 Å². The second-order valence-electron chi connectivity index (χ2n) is 11.3. The normalized spacial score (nSPS) is 16.9. The van der Waals surface area contributed by atoms with Crippen LogP contribution in [0.3, 0.4) is 0 Å². The van der Waals surface area contributed by atoms with Crippen molar-refractivity contribution in [3.63, 3.8) is 0 Å². The Kier molecular flexibility index (Phi) is 5.90. The summed E-state index contributed by atoms with van der Waals surface area (Å²) in [5.74, 6) is 1.52. The highest BCUT2D eigenvalue weighted by molar-refractivity contribution is 5.82. The second kappa shape index (κ2) is 9.59. The molecule has 0 spiro atoms. The van der Waals surface area contributed by atoms with E-state index < -0.39 is 0 Å². The van der Waals surface area contributed by atoms with Crippen LogP contribution >= 0.6 is 0 Å². The van der Waals surface area contributed by atoms with Gasteiger partial charge in [0.2, 0.25) is 0 Å². The third kappa shape index (κ3) is 4.80. The number of rotatable bonds is 8. The molecule has 3 heterocycles. The first-order valence-electron chi connectivity index (χ1n) is 14.0. The first kappa shape index (κ1) is 24.0. The summed E-state index contributed by atoms with van der Waals surface area (Å²) in [5.41, 5.74) is 4.90. The molecule has 0 saturated heterocycles. The quantitative estimate of drug-likeness (QED) is 0.378. The van der Waals surface area contributed by atoms with Crippen molar-refractivity contribution in [1.29, 1.82) is 0 Å². The van der Waals surface area contributed by atoms with E-state index in [1.807, 2.05) is 47.4 Å². The van der Waals surface area contributed by atoms with Crippen molar-refractivity contribution in [2.75, 3.05) is 13.2 Å². The second-order valence-corrected chi connectivity index (χ2v) is 11.3. The molecular formula is C31H32N4O4. The molecule has 2 saturated carbocycles. The molecule has 4 aromatic rings. The van der Waals surface area contributed by atoms with Gasteiger partial charge in [-0.25, -0.2) is 4.79 Å². The van der Waals surface area contributed by atoms with Gasteiger partial charge in [0.05, 0.1) is 5.52 Å². The van der Waals surface area contributed by atoms with Crippen LogP contribution in [-0.4, -0.2) is 38.1 Å². The lowest BCUT2D eigenvalue weighted by Gasteiger charge is -2.28. The minimum Gasteiger partial charge on any atom is -0.484 e. The Morgan fingerprint density at radius 1 is 0.897 bits per heavy atom. The van der Waals surface area contributed by atoms with Gasteiger partial charge in [-0.2, -0.15) is 0 Å². The van der Waals surface area contributed by atoms with Crippen LogP contribution in [0.4, 0.5) is 0 Å². The van der Waals surface area contributed by atoms with Gasteiger partial charge in [0.15, 0.2) is 6.61 Å². The number of benzene rings is 2. The zero-order valence-electron chi connectivity index (χ0n) is 21.9. The molecule has 1 N–H and O–H groups in total. The summed E-state index contributed by atoms with van der Waals surface area (Å²) in [6.45, 7) is 2.46. The maximum Gasteiger partial charge on any atom is 0.331 e. The number of amides is 1. The van der Waals surface area contributed by atoms with Crippen molar-refractivity contribution in [3.8, 4) is 17.0 Å². The van der Waals surface area contributed by atoms with E-state index in [1.54, 1.807) is 4.57 Å². The van der Waals surface area contributed by atoms with Gasteiger partial charge in [0.25, 0.3) is 11.5 Å². The molecule has 7 rings (SSSR count). The third-order valence-corrected chi connectivity index (χ3v) is 8.29. The van der Waals surface area contributed by atoms with Gasteiger partial charge in [-0.05, 0) is 91.0 Å². The van der Waals surface area contributed by atoms with Gasteiger partial charge in [0.1, 0.15) is 11.3 Å². The first-order chi connectivity index (χ1) is 19.0. The summed E-state index contributed by atoms with van der Waals surface area (Å²) in [6.07, 6.45) is 5.27. The Balaban J connectivity index is 1.09. The predicted molar refractivity (Wildman–Crippen MR) is 149 cm³/mol. The van der Waals surface area contributed by atoms with Crippen LogP contribution in [0, 0.1) is 11.8 Å². The Bertz CT molecular complexity index is 1670. The van der Waals surface area contributed by atoms with E-state index in [4.69, 9.17) is 4.74 Å². The maximum atomic E-state index is 13.3. The van der Waals surface area contributed by atoms with E-state index in [2.05, 4.69) is 17.1 Å². The average molecular weight is 525 g/mol. The molecule has 1 aliphatic heterocycles. The number of aromatic nitrogens is 3. The summed E-state index contributed by atoms with van der Waals surface area (Å²) >= 11 is 0. The molecule has 2 aromatic heterocycles. The fourth-order valence-electron chi connectivity index (χ4n) is 5.58. The molecule has 39 heavy (non-hydrogen) atoms. The fourth-order valence-corrected chi connectivity index (χ4v) is 5.58. The SMILES string of the molecule is O=C(COc1ccc(-c2cc3c([nH]2)c(=O)n(CC2CC2)c(=O)n3CC2CC2)cc1)N1CCc2ccccc2C1. The highest BCUT2D eigenvalue weighted by atomic mass is 16.5. The van der Waals surface area contributed by atoms with Crippen molar-refractivity contribution in [2.45, 2.75) is 51.7 Å². The molecule has 0 radical (unpaired) electrons. The zero-order valence-corrected chi connectivity index (χ0v) is 21.9. The van der Waals surface area contributed by atoms with Crippen LogP contribution in [0.5, 0.6) is 5.75 Å². The molecule has 0 unspecified atom stereocenters. The lowest BCUT2D eigenvalue weighted by atomic mass is 10.00. The number of hydrogen-bond donors (Lipinski definition) is 1. The van der Waals surface area contributed by atoms with E-state index in [9.17, 15) is 14.4 Å². The molecule has 2 aromatic carbocycles. The standard InChI is InChI=1S/C31H32N4O4/c36-28(33-14-13-22-3-1-2-4-24(22)18-33)19-39-25-11-9-23(10-12-25)26-15-27-29(32-26)30(37)35(17-21-7-8-21)31(38)34(27)16-20-5-6-20/h1-4,9-12,15,20-21,32H,5-8,13-14,16-19H2. The van der Waals surface area contributed by atoms with Crippen LogP contribution in [0.25, 0.3) is 22.3 Å². The van der Waals surface area contributed by atoms with Gasteiger partial charge in [-0.3, -0.25) is 18.7 Å². The van der Waals surface area contributed by atoms with Crippen molar-refractivity contribution < 1.29 is 9.53 Å². The number of fused-ring (bicyclic) bond motifs is 2. The van der Waals surface area contributed by atoms with Crippen molar-refractivity contribution >= 4 is 16.9 Å². The van der Waals surface area contributed by atoms with E-state index in [0.717, 1.165) is 43.4 Å². The number of nitrogens with one attached hydrogen (secondary N) is 1. The number of aromatic amines is 1. The Hall–Kier alpha value is -4.07. The van der Waals surface area contributed by atoms with Crippen molar-refractivity contribution in [2.24, 2.45) is 11.8 Å². The monoisotopic (exact) mass is 524 g/mol. The summed E-state index contributed by atoms with van der Waals surface area (Å²) in [7, 11) is 0. The number of carbonyl (C=O) groups is 1.